The van der Waals surface area contributed by atoms with E-state index >= 15 is 0 Å². The predicted molar refractivity (Wildman–Crippen MR) is 135 cm³/mol. The van der Waals surface area contributed by atoms with E-state index in [2.05, 4.69) is 57.2 Å². The van der Waals surface area contributed by atoms with E-state index in [9.17, 15) is 10.2 Å². The minimum Gasteiger partial charge on any atom is -0.491 e. The van der Waals surface area contributed by atoms with Crippen LogP contribution in [0, 0.1) is 13.8 Å². The Morgan fingerprint density at radius 1 is 1.00 bits per heavy atom. The highest BCUT2D eigenvalue weighted by molar-refractivity contribution is 5.57. The van der Waals surface area contributed by atoms with Gasteiger partial charge in [0.1, 0.15) is 18.5 Å². The maximum Gasteiger partial charge on any atom is 0.122 e. The van der Waals surface area contributed by atoms with Gasteiger partial charge in [-0.05, 0) is 73.4 Å². The molecular formula is C29H40O4. The molecule has 0 heterocycles. The zero-order chi connectivity index (χ0) is 24.1. The zero-order valence-electron chi connectivity index (χ0n) is 20.6. The minimum atomic E-state index is -0.876. The van der Waals surface area contributed by atoms with Crippen LogP contribution >= 0.6 is 0 Å². The number of hydrogen-bond acceptors (Lipinski definition) is 4. The van der Waals surface area contributed by atoms with E-state index in [-0.39, 0.29) is 18.6 Å². The van der Waals surface area contributed by atoms with Crippen LogP contribution in [0.2, 0.25) is 0 Å². The number of ether oxygens (including phenoxy) is 1. The van der Waals surface area contributed by atoms with Gasteiger partial charge < -0.3 is 20.1 Å². The van der Waals surface area contributed by atoms with E-state index in [1.807, 2.05) is 19.1 Å². The quantitative estimate of drug-likeness (QED) is 0.448. The Hall–Kier alpha value is -2.14. The lowest BCUT2D eigenvalue weighted by atomic mass is 9.70. The molecule has 4 nitrogen and oxygen atoms in total. The van der Waals surface area contributed by atoms with Crippen LogP contribution in [0.5, 0.6) is 5.75 Å². The molecule has 2 aromatic rings. The summed E-state index contributed by atoms with van der Waals surface area (Å²) in [7, 11) is 0. The third kappa shape index (κ3) is 5.68. The molecule has 0 saturated heterocycles. The molecule has 0 amide bonds. The first-order valence-corrected chi connectivity index (χ1v) is 12.3. The number of benzene rings is 2. The summed E-state index contributed by atoms with van der Waals surface area (Å²) in [4.78, 5) is 0. The third-order valence-corrected chi connectivity index (χ3v) is 7.44. The molecule has 0 aliphatic heterocycles. The monoisotopic (exact) mass is 452 g/mol. The Labute approximate surface area is 198 Å². The lowest BCUT2D eigenvalue weighted by Gasteiger charge is -2.34. The van der Waals surface area contributed by atoms with Gasteiger partial charge in [0.2, 0.25) is 0 Å². The van der Waals surface area contributed by atoms with Crippen molar-refractivity contribution in [2.75, 3.05) is 13.2 Å². The van der Waals surface area contributed by atoms with E-state index in [1.165, 1.54) is 16.7 Å². The first-order chi connectivity index (χ1) is 15.8. The molecule has 3 N–H and O–H groups in total. The van der Waals surface area contributed by atoms with E-state index in [0.717, 1.165) is 55.4 Å². The van der Waals surface area contributed by atoms with Crippen LogP contribution in [0.25, 0.3) is 6.08 Å². The van der Waals surface area contributed by atoms with Crippen molar-refractivity contribution in [1.82, 2.24) is 0 Å². The fraction of sp³-hybridized carbons (Fsp3) is 0.517. The third-order valence-electron chi connectivity index (χ3n) is 7.44. The van der Waals surface area contributed by atoms with Crippen molar-refractivity contribution in [3.05, 3.63) is 70.3 Å². The van der Waals surface area contributed by atoms with Crippen molar-refractivity contribution in [3.8, 4) is 5.75 Å². The van der Waals surface area contributed by atoms with Crippen LogP contribution in [-0.4, -0.2) is 40.2 Å². The molecule has 0 radical (unpaired) electrons. The number of hydrogen-bond donors (Lipinski definition) is 3. The fourth-order valence-electron chi connectivity index (χ4n) is 5.14. The Bertz CT molecular complexity index is 952. The van der Waals surface area contributed by atoms with Crippen LogP contribution in [0.3, 0.4) is 0 Å². The molecule has 180 valence electrons. The normalized spacial score (nSPS) is 16.9. The van der Waals surface area contributed by atoms with E-state index in [4.69, 9.17) is 9.84 Å². The number of aryl methyl sites for hydroxylation is 2. The molecule has 1 aliphatic rings. The van der Waals surface area contributed by atoms with Crippen molar-refractivity contribution in [2.24, 2.45) is 0 Å². The van der Waals surface area contributed by atoms with Crippen LogP contribution in [-0.2, 0) is 5.41 Å². The molecule has 0 bridgehead atoms. The van der Waals surface area contributed by atoms with Gasteiger partial charge in [0.05, 0.1) is 12.2 Å². The molecule has 2 aromatic carbocycles. The highest BCUT2D eigenvalue weighted by Crippen LogP contribution is 2.41. The maximum absolute atomic E-state index is 10.7. The predicted octanol–water partition coefficient (Wildman–Crippen LogP) is 5.46. The summed E-state index contributed by atoms with van der Waals surface area (Å²) < 4.78 is 5.70. The van der Waals surface area contributed by atoms with Crippen molar-refractivity contribution in [1.29, 1.82) is 0 Å². The van der Waals surface area contributed by atoms with E-state index in [1.54, 1.807) is 0 Å². The van der Waals surface area contributed by atoms with Crippen molar-refractivity contribution >= 4 is 6.08 Å². The Balaban J connectivity index is 1.89. The smallest absolute Gasteiger partial charge is 0.122 e. The molecule has 0 spiro atoms. The zero-order valence-corrected chi connectivity index (χ0v) is 20.6. The standard InChI is InChI=1S/C29H40O4/c1-5-29(6-2,25-11-12-27(22(4)18-25)33-20-26(31)19-30)24-10-9-23(21(3)17-24)13-16-28(32)14-7-8-15-28/h9-13,16-18,26,30-32H,5-8,14-15,19-20H2,1-4H3/b16-13+/t26-/m0/s1. The van der Waals surface area contributed by atoms with E-state index < -0.39 is 11.7 Å². The second-order valence-electron chi connectivity index (χ2n) is 9.63. The topological polar surface area (TPSA) is 69.9 Å². The maximum atomic E-state index is 10.7. The first kappa shape index (κ1) is 25.5. The summed E-state index contributed by atoms with van der Waals surface area (Å²) in [5, 5.41) is 29.3. The van der Waals surface area contributed by atoms with Gasteiger partial charge in [-0.3, -0.25) is 0 Å². The second-order valence-corrected chi connectivity index (χ2v) is 9.63. The average Bonchev–Trinajstić information content (AvgIpc) is 3.25. The van der Waals surface area contributed by atoms with Gasteiger partial charge in [-0.1, -0.05) is 69.2 Å². The van der Waals surface area contributed by atoms with E-state index in [0.29, 0.717) is 0 Å². The number of rotatable bonds is 10. The second kappa shape index (κ2) is 10.9. The molecule has 1 aliphatic carbocycles. The van der Waals surface area contributed by atoms with Gasteiger partial charge in [-0.2, -0.15) is 0 Å². The Morgan fingerprint density at radius 2 is 1.61 bits per heavy atom. The summed E-state index contributed by atoms with van der Waals surface area (Å²) in [5.41, 5.74) is 5.19. The fourth-order valence-corrected chi connectivity index (χ4v) is 5.14. The summed E-state index contributed by atoms with van der Waals surface area (Å²) >= 11 is 0. The molecule has 0 unspecified atom stereocenters. The number of aliphatic hydroxyl groups is 3. The lowest BCUT2D eigenvalue weighted by molar-refractivity contribution is 0.0534. The number of aliphatic hydroxyl groups excluding tert-OH is 2. The molecule has 1 atom stereocenters. The van der Waals surface area contributed by atoms with Gasteiger partial charge in [0.15, 0.2) is 0 Å². The molecule has 4 heteroatoms. The van der Waals surface area contributed by atoms with Crippen LogP contribution in [0.15, 0.2) is 42.5 Å². The molecule has 1 saturated carbocycles. The van der Waals surface area contributed by atoms with Gasteiger partial charge in [-0.15, -0.1) is 0 Å². The minimum absolute atomic E-state index is 0.0761. The van der Waals surface area contributed by atoms with Crippen LogP contribution < -0.4 is 4.74 Å². The summed E-state index contributed by atoms with van der Waals surface area (Å²) in [6.45, 7) is 8.40. The van der Waals surface area contributed by atoms with Gasteiger partial charge in [0.25, 0.3) is 0 Å². The molecule has 33 heavy (non-hydrogen) atoms. The van der Waals surface area contributed by atoms with Crippen molar-refractivity contribution in [2.45, 2.75) is 83.3 Å². The molecule has 1 fully saturated rings. The molecular weight excluding hydrogens is 412 g/mol. The summed E-state index contributed by atoms with van der Waals surface area (Å²) in [6, 6.07) is 13.0. The highest BCUT2D eigenvalue weighted by atomic mass is 16.5. The Kier molecular flexibility index (Phi) is 8.38. The van der Waals surface area contributed by atoms with Crippen molar-refractivity contribution < 1.29 is 20.1 Å². The van der Waals surface area contributed by atoms with Crippen LogP contribution in [0.1, 0.15) is 80.2 Å². The van der Waals surface area contributed by atoms with Crippen LogP contribution in [0.4, 0.5) is 0 Å². The van der Waals surface area contributed by atoms with Gasteiger partial charge >= 0.3 is 0 Å². The summed E-state index contributed by atoms with van der Waals surface area (Å²) in [5.74, 6) is 0.730. The Morgan fingerprint density at radius 3 is 2.15 bits per heavy atom. The lowest BCUT2D eigenvalue weighted by Crippen LogP contribution is -2.26. The highest BCUT2D eigenvalue weighted by Gasteiger charge is 2.32. The average molecular weight is 453 g/mol. The summed E-state index contributed by atoms with van der Waals surface area (Å²) in [6.07, 6.45) is 9.05. The molecule has 0 aromatic heterocycles. The molecule has 3 rings (SSSR count). The largest absolute Gasteiger partial charge is 0.491 e. The van der Waals surface area contributed by atoms with Gasteiger partial charge in [0, 0.05) is 5.41 Å². The van der Waals surface area contributed by atoms with Crippen molar-refractivity contribution in [3.63, 3.8) is 0 Å². The SMILES string of the molecule is CCC(CC)(c1ccc(/C=C/C2(O)CCCC2)c(C)c1)c1ccc(OC[C@@H](O)CO)c(C)c1. The van der Waals surface area contributed by atoms with Gasteiger partial charge in [-0.25, -0.2) is 0 Å². The first-order valence-electron chi connectivity index (χ1n) is 12.3.